The van der Waals surface area contributed by atoms with Crippen LogP contribution >= 0.6 is 0 Å². The molecule has 1 aliphatic heterocycles. The molecule has 6 nitrogen and oxygen atoms in total. The van der Waals surface area contributed by atoms with E-state index in [1.54, 1.807) is 23.0 Å². The molecule has 1 aliphatic rings. The van der Waals surface area contributed by atoms with Gasteiger partial charge in [0.2, 0.25) is 10.0 Å². The molecule has 0 aliphatic carbocycles. The van der Waals surface area contributed by atoms with Gasteiger partial charge >= 0.3 is 0 Å². The van der Waals surface area contributed by atoms with Gasteiger partial charge in [0.05, 0.1) is 17.2 Å². The van der Waals surface area contributed by atoms with Crippen molar-refractivity contribution in [3.8, 4) is 0 Å². The first kappa shape index (κ1) is 17.1. The first-order valence-corrected chi connectivity index (χ1v) is 9.52. The van der Waals surface area contributed by atoms with Crippen LogP contribution in [0, 0.1) is 19.8 Å². The Kier molecular flexibility index (Phi) is 4.76. The monoisotopic (exact) mass is 349 g/mol. The van der Waals surface area contributed by atoms with Crippen molar-refractivity contribution in [2.75, 3.05) is 13.2 Å². The van der Waals surface area contributed by atoms with E-state index in [0.29, 0.717) is 18.0 Å². The number of nitrogens with zero attached hydrogens (tertiary/aromatic N) is 2. The summed E-state index contributed by atoms with van der Waals surface area (Å²) in [6.07, 6.45) is 4.41. The molecule has 7 heteroatoms. The predicted octanol–water partition coefficient (Wildman–Crippen LogP) is 2.09. The third-order valence-corrected chi connectivity index (χ3v) is 6.01. The number of benzene rings is 1. The summed E-state index contributed by atoms with van der Waals surface area (Å²) in [4.78, 5) is 0.308. The average Bonchev–Trinajstić information content (AvgIpc) is 3.16. The van der Waals surface area contributed by atoms with Gasteiger partial charge in [-0.2, -0.15) is 5.10 Å². The first-order chi connectivity index (χ1) is 11.4. The predicted molar refractivity (Wildman–Crippen MR) is 91.1 cm³/mol. The molecule has 0 radical (unpaired) electrons. The van der Waals surface area contributed by atoms with Gasteiger partial charge in [0.25, 0.3) is 0 Å². The fourth-order valence-electron chi connectivity index (χ4n) is 2.98. The molecule has 0 bridgehead atoms. The van der Waals surface area contributed by atoms with Crippen LogP contribution < -0.4 is 4.72 Å². The second-order valence-corrected chi connectivity index (χ2v) is 8.15. The van der Waals surface area contributed by atoms with E-state index >= 15 is 0 Å². The van der Waals surface area contributed by atoms with Crippen LogP contribution in [0.4, 0.5) is 0 Å². The van der Waals surface area contributed by atoms with Crippen LogP contribution in [0.3, 0.4) is 0 Å². The van der Waals surface area contributed by atoms with Crippen molar-refractivity contribution in [3.63, 3.8) is 0 Å². The second kappa shape index (κ2) is 6.66. The van der Waals surface area contributed by atoms with Crippen molar-refractivity contribution in [2.24, 2.45) is 13.0 Å². The molecular formula is C17H23N3O3S. The third kappa shape index (κ3) is 3.53. The Morgan fingerprint density at radius 2 is 2.12 bits per heavy atom. The van der Waals surface area contributed by atoms with E-state index in [0.717, 1.165) is 23.1 Å². The van der Waals surface area contributed by atoms with Gasteiger partial charge in [0, 0.05) is 37.9 Å². The Morgan fingerprint density at radius 3 is 2.79 bits per heavy atom. The Bertz CT molecular complexity index is 829. The molecule has 3 rings (SSSR count). The van der Waals surface area contributed by atoms with Gasteiger partial charge in [0.15, 0.2) is 0 Å². The van der Waals surface area contributed by atoms with E-state index in [1.807, 2.05) is 33.2 Å². The van der Waals surface area contributed by atoms with Gasteiger partial charge in [-0.15, -0.1) is 0 Å². The van der Waals surface area contributed by atoms with E-state index in [9.17, 15) is 8.42 Å². The lowest BCUT2D eigenvalue weighted by Crippen LogP contribution is -2.30. The highest BCUT2D eigenvalue weighted by atomic mass is 32.2. The van der Waals surface area contributed by atoms with Crippen molar-refractivity contribution in [1.82, 2.24) is 14.5 Å². The molecule has 24 heavy (non-hydrogen) atoms. The van der Waals surface area contributed by atoms with Crippen LogP contribution in [0.5, 0.6) is 0 Å². The Morgan fingerprint density at radius 1 is 1.33 bits per heavy atom. The molecular weight excluding hydrogens is 326 g/mol. The fraction of sp³-hybridized carbons (Fsp3) is 0.471. The van der Waals surface area contributed by atoms with Gasteiger partial charge in [-0.25, -0.2) is 13.1 Å². The Balaban J connectivity index is 1.70. The quantitative estimate of drug-likeness (QED) is 0.897. The average molecular weight is 349 g/mol. The number of hydrogen-bond donors (Lipinski definition) is 1. The molecule has 1 aromatic heterocycles. The summed E-state index contributed by atoms with van der Waals surface area (Å²) < 4.78 is 35.3. The lowest BCUT2D eigenvalue weighted by atomic mass is 9.98. The molecule has 2 atom stereocenters. The highest BCUT2D eigenvalue weighted by Crippen LogP contribution is 2.34. The maximum atomic E-state index is 12.5. The molecule has 130 valence electrons. The zero-order valence-corrected chi connectivity index (χ0v) is 15.0. The zero-order chi connectivity index (χ0) is 17.3. The van der Waals surface area contributed by atoms with Crippen LogP contribution in [-0.4, -0.2) is 31.3 Å². The minimum Gasteiger partial charge on any atom is -0.373 e. The molecule has 0 saturated carbocycles. The topological polar surface area (TPSA) is 73.2 Å². The zero-order valence-electron chi connectivity index (χ0n) is 14.2. The van der Waals surface area contributed by atoms with Crippen molar-refractivity contribution in [3.05, 3.63) is 47.3 Å². The SMILES string of the molecule is Cc1ccc(S(=O)(=O)NC[C@@H]2CCO[C@H]2c2cnn(C)c2)cc1C. The van der Waals surface area contributed by atoms with Crippen molar-refractivity contribution >= 4 is 10.0 Å². The molecule has 1 saturated heterocycles. The van der Waals surface area contributed by atoms with E-state index in [4.69, 9.17) is 4.74 Å². The van der Waals surface area contributed by atoms with E-state index in [2.05, 4.69) is 9.82 Å². The Labute approximate surface area is 142 Å². The summed E-state index contributed by atoms with van der Waals surface area (Å²) in [6.45, 7) is 4.87. The molecule has 0 unspecified atom stereocenters. The number of ether oxygens (including phenoxy) is 1. The van der Waals surface area contributed by atoms with Gasteiger partial charge in [-0.1, -0.05) is 6.07 Å². The number of rotatable bonds is 5. The summed E-state index contributed by atoms with van der Waals surface area (Å²) in [7, 11) is -1.66. The number of aryl methyl sites for hydroxylation is 3. The minimum atomic E-state index is -3.51. The van der Waals surface area contributed by atoms with E-state index in [-0.39, 0.29) is 12.0 Å². The lowest BCUT2D eigenvalue weighted by molar-refractivity contribution is 0.0917. The van der Waals surface area contributed by atoms with Crippen LogP contribution in [0.25, 0.3) is 0 Å². The summed E-state index contributed by atoms with van der Waals surface area (Å²) >= 11 is 0. The highest BCUT2D eigenvalue weighted by Gasteiger charge is 2.31. The van der Waals surface area contributed by atoms with Gasteiger partial charge in [0.1, 0.15) is 0 Å². The maximum Gasteiger partial charge on any atom is 0.240 e. The van der Waals surface area contributed by atoms with E-state index < -0.39 is 10.0 Å². The summed E-state index contributed by atoms with van der Waals surface area (Å²) in [5.41, 5.74) is 3.04. The van der Waals surface area contributed by atoms with Crippen molar-refractivity contribution in [2.45, 2.75) is 31.3 Å². The lowest BCUT2D eigenvalue weighted by Gasteiger charge is -2.18. The van der Waals surface area contributed by atoms with Crippen LogP contribution in [0.1, 0.15) is 29.2 Å². The summed E-state index contributed by atoms with van der Waals surface area (Å²) in [6, 6.07) is 5.19. The summed E-state index contributed by atoms with van der Waals surface area (Å²) in [5, 5.41) is 4.17. The van der Waals surface area contributed by atoms with Crippen LogP contribution in [0.2, 0.25) is 0 Å². The summed E-state index contributed by atoms with van der Waals surface area (Å²) in [5.74, 6) is 0.107. The van der Waals surface area contributed by atoms with Gasteiger partial charge in [-0.05, 0) is 43.5 Å². The normalized spacial score (nSPS) is 21.3. The molecule has 2 heterocycles. The van der Waals surface area contributed by atoms with Crippen LogP contribution in [0.15, 0.2) is 35.5 Å². The molecule has 0 spiro atoms. The maximum absolute atomic E-state index is 12.5. The Hall–Kier alpha value is -1.70. The van der Waals surface area contributed by atoms with E-state index in [1.165, 1.54) is 0 Å². The first-order valence-electron chi connectivity index (χ1n) is 8.04. The van der Waals surface area contributed by atoms with Crippen molar-refractivity contribution < 1.29 is 13.2 Å². The smallest absolute Gasteiger partial charge is 0.240 e. The van der Waals surface area contributed by atoms with Gasteiger partial charge in [-0.3, -0.25) is 4.68 Å². The van der Waals surface area contributed by atoms with Crippen molar-refractivity contribution in [1.29, 1.82) is 0 Å². The minimum absolute atomic E-state index is 0.107. The number of hydrogen-bond acceptors (Lipinski definition) is 4. The third-order valence-electron chi connectivity index (χ3n) is 4.59. The number of aromatic nitrogens is 2. The molecule has 1 aromatic carbocycles. The molecule has 0 amide bonds. The molecule has 1 N–H and O–H groups in total. The second-order valence-electron chi connectivity index (χ2n) is 6.39. The van der Waals surface area contributed by atoms with Gasteiger partial charge < -0.3 is 4.74 Å². The fourth-order valence-corrected chi connectivity index (χ4v) is 4.16. The van der Waals surface area contributed by atoms with Crippen LogP contribution in [-0.2, 0) is 21.8 Å². The number of sulfonamides is 1. The largest absolute Gasteiger partial charge is 0.373 e. The molecule has 1 fully saturated rings. The highest BCUT2D eigenvalue weighted by molar-refractivity contribution is 7.89. The standard InChI is InChI=1S/C17H23N3O3S/c1-12-4-5-16(8-13(12)2)24(21,22)19-10-14-6-7-23-17(14)15-9-18-20(3)11-15/h4-5,8-9,11,14,17,19H,6-7,10H2,1-3H3/t14-,17+/m0/s1. The number of nitrogens with one attached hydrogen (secondary N) is 1. The molecule has 2 aromatic rings.